The number of carbonyl (C=O) groups is 1. The van der Waals surface area contributed by atoms with Gasteiger partial charge in [0, 0.05) is 16.7 Å². The molecular weight excluding hydrogens is 330 g/mol. The Morgan fingerprint density at radius 1 is 1.05 bits per heavy atom. The fourth-order valence-electron chi connectivity index (χ4n) is 2.89. The zero-order chi connectivity index (χ0) is 14.8. The first kappa shape index (κ1) is 14.1. The number of rotatable bonds is 2. The van der Waals surface area contributed by atoms with E-state index in [9.17, 15) is 9.90 Å². The van der Waals surface area contributed by atoms with Crippen LogP contribution in [0.3, 0.4) is 0 Å². The highest BCUT2D eigenvalue weighted by atomic mass is 79.9. The van der Waals surface area contributed by atoms with Gasteiger partial charge in [-0.05, 0) is 59.0 Å². The molecule has 0 unspecified atom stereocenters. The van der Waals surface area contributed by atoms with Gasteiger partial charge in [0.25, 0.3) is 0 Å². The molecule has 1 aliphatic heterocycles. The van der Waals surface area contributed by atoms with Crippen LogP contribution in [0.4, 0.5) is 11.4 Å². The number of anilines is 2. The number of aryl methyl sites for hydroxylation is 1. The summed E-state index contributed by atoms with van der Waals surface area (Å²) in [6.45, 7) is 0.841. The summed E-state index contributed by atoms with van der Waals surface area (Å²) in [6.07, 6.45) is 3.23. The van der Waals surface area contributed by atoms with Crippen LogP contribution in [0.1, 0.15) is 28.8 Å². The Kier molecular flexibility index (Phi) is 3.97. The van der Waals surface area contributed by atoms with E-state index < -0.39 is 5.97 Å². The van der Waals surface area contributed by atoms with Crippen molar-refractivity contribution in [2.24, 2.45) is 0 Å². The van der Waals surface area contributed by atoms with Crippen LogP contribution in [-0.4, -0.2) is 17.6 Å². The number of fused-ring (bicyclic) bond motifs is 1. The number of carboxylic acid groups (broad SMARTS) is 1. The van der Waals surface area contributed by atoms with Crippen LogP contribution >= 0.6 is 15.9 Å². The summed E-state index contributed by atoms with van der Waals surface area (Å²) in [6, 6.07) is 13.8. The zero-order valence-corrected chi connectivity index (χ0v) is 13.1. The molecule has 0 amide bonds. The Labute approximate surface area is 132 Å². The third-order valence-electron chi connectivity index (χ3n) is 3.86. The normalized spacial score (nSPS) is 14.4. The Morgan fingerprint density at radius 2 is 1.81 bits per heavy atom. The molecule has 0 saturated carbocycles. The standard InChI is InChI=1S/C17H16BrNO2/c18-13-8-5-10-15(16(13)17(20)21)19-11-4-3-7-12-6-1-2-9-14(12)19/h1-2,5-6,8-10H,3-4,7,11H2,(H,20,21). The van der Waals surface area contributed by atoms with Crippen molar-refractivity contribution in [3.8, 4) is 0 Å². The van der Waals surface area contributed by atoms with E-state index in [1.54, 1.807) is 6.07 Å². The molecule has 1 heterocycles. The van der Waals surface area contributed by atoms with Crippen molar-refractivity contribution in [1.29, 1.82) is 0 Å². The van der Waals surface area contributed by atoms with E-state index in [4.69, 9.17) is 0 Å². The van der Waals surface area contributed by atoms with E-state index in [2.05, 4.69) is 33.0 Å². The van der Waals surface area contributed by atoms with Crippen LogP contribution in [0.2, 0.25) is 0 Å². The molecule has 2 aromatic carbocycles. The number of halogens is 1. The molecule has 3 rings (SSSR count). The highest BCUT2D eigenvalue weighted by Gasteiger charge is 2.22. The highest BCUT2D eigenvalue weighted by molar-refractivity contribution is 9.10. The molecule has 3 nitrogen and oxygen atoms in total. The number of aromatic carboxylic acids is 1. The monoisotopic (exact) mass is 345 g/mol. The minimum Gasteiger partial charge on any atom is -0.478 e. The van der Waals surface area contributed by atoms with Crippen LogP contribution in [-0.2, 0) is 6.42 Å². The maximum absolute atomic E-state index is 11.6. The maximum atomic E-state index is 11.6. The summed E-state index contributed by atoms with van der Waals surface area (Å²) in [5, 5.41) is 9.54. The molecule has 21 heavy (non-hydrogen) atoms. The molecule has 2 aromatic rings. The van der Waals surface area contributed by atoms with Crippen LogP contribution in [0.5, 0.6) is 0 Å². The van der Waals surface area contributed by atoms with Gasteiger partial charge in [-0.25, -0.2) is 4.79 Å². The SMILES string of the molecule is O=C(O)c1c(Br)cccc1N1CCCCc2ccccc21. The molecule has 108 valence electrons. The Balaban J connectivity index is 2.17. The lowest BCUT2D eigenvalue weighted by Gasteiger charge is -2.27. The van der Waals surface area contributed by atoms with E-state index in [0.717, 1.165) is 37.2 Å². The first-order valence-electron chi connectivity index (χ1n) is 7.06. The average Bonchev–Trinajstić information content (AvgIpc) is 2.68. The topological polar surface area (TPSA) is 40.5 Å². The predicted octanol–water partition coefficient (Wildman–Crippen LogP) is 4.62. The number of hydrogen-bond donors (Lipinski definition) is 1. The van der Waals surface area contributed by atoms with E-state index in [1.807, 2.05) is 24.3 Å². The van der Waals surface area contributed by atoms with Crippen molar-refractivity contribution < 1.29 is 9.90 Å². The molecule has 0 aromatic heterocycles. The van der Waals surface area contributed by atoms with Crippen LogP contribution in [0.25, 0.3) is 0 Å². The number of para-hydroxylation sites is 1. The number of benzene rings is 2. The summed E-state index contributed by atoms with van der Waals surface area (Å²) in [7, 11) is 0. The largest absolute Gasteiger partial charge is 0.478 e. The Hall–Kier alpha value is -1.81. The van der Waals surface area contributed by atoms with Crippen molar-refractivity contribution in [2.75, 3.05) is 11.4 Å². The lowest BCUT2D eigenvalue weighted by atomic mass is 10.1. The van der Waals surface area contributed by atoms with Gasteiger partial charge in [0.15, 0.2) is 0 Å². The lowest BCUT2D eigenvalue weighted by molar-refractivity contribution is 0.0696. The van der Waals surface area contributed by atoms with E-state index in [-0.39, 0.29) is 0 Å². The molecule has 0 bridgehead atoms. The van der Waals surface area contributed by atoms with Crippen molar-refractivity contribution in [1.82, 2.24) is 0 Å². The summed E-state index contributed by atoms with van der Waals surface area (Å²) in [5.41, 5.74) is 3.49. The van der Waals surface area contributed by atoms with Crippen molar-refractivity contribution in [2.45, 2.75) is 19.3 Å². The number of hydrogen-bond acceptors (Lipinski definition) is 2. The molecule has 0 saturated heterocycles. The predicted molar refractivity (Wildman–Crippen MR) is 87.5 cm³/mol. The van der Waals surface area contributed by atoms with Gasteiger partial charge in [-0.3, -0.25) is 0 Å². The fourth-order valence-corrected chi connectivity index (χ4v) is 3.42. The second-order valence-corrected chi connectivity index (χ2v) is 6.03. The molecule has 0 atom stereocenters. The van der Waals surface area contributed by atoms with Gasteiger partial charge in [0.1, 0.15) is 0 Å². The third kappa shape index (κ3) is 2.68. The van der Waals surface area contributed by atoms with E-state index >= 15 is 0 Å². The fraction of sp³-hybridized carbons (Fsp3) is 0.235. The average molecular weight is 346 g/mol. The van der Waals surface area contributed by atoms with Gasteiger partial charge in [0.2, 0.25) is 0 Å². The number of carboxylic acids is 1. The van der Waals surface area contributed by atoms with Gasteiger partial charge in [0.05, 0.1) is 11.3 Å². The summed E-state index contributed by atoms with van der Waals surface area (Å²) < 4.78 is 0.620. The van der Waals surface area contributed by atoms with Gasteiger partial charge in [-0.1, -0.05) is 24.3 Å². The number of nitrogens with zero attached hydrogens (tertiary/aromatic N) is 1. The second kappa shape index (κ2) is 5.90. The van der Waals surface area contributed by atoms with Crippen molar-refractivity contribution in [3.63, 3.8) is 0 Å². The quantitative estimate of drug-likeness (QED) is 0.863. The van der Waals surface area contributed by atoms with Gasteiger partial charge in [-0.15, -0.1) is 0 Å². The molecular formula is C17H16BrNO2. The third-order valence-corrected chi connectivity index (χ3v) is 4.52. The van der Waals surface area contributed by atoms with Crippen molar-refractivity contribution in [3.05, 3.63) is 58.1 Å². The molecule has 4 heteroatoms. The maximum Gasteiger partial charge on any atom is 0.338 e. The Bertz CT molecular complexity index is 684. The minimum atomic E-state index is -0.904. The van der Waals surface area contributed by atoms with Crippen LogP contribution < -0.4 is 4.90 Å². The molecule has 1 N–H and O–H groups in total. The van der Waals surface area contributed by atoms with Gasteiger partial charge < -0.3 is 10.0 Å². The van der Waals surface area contributed by atoms with E-state index in [1.165, 1.54) is 5.56 Å². The molecule has 0 spiro atoms. The first-order chi connectivity index (χ1) is 10.2. The van der Waals surface area contributed by atoms with Crippen LogP contribution in [0.15, 0.2) is 46.9 Å². The van der Waals surface area contributed by atoms with E-state index in [0.29, 0.717) is 10.0 Å². The summed E-state index contributed by atoms with van der Waals surface area (Å²) in [4.78, 5) is 13.8. The molecule has 0 fully saturated rings. The lowest BCUT2D eigenvalue weighted by Crippen LogP contribution is -2.21. The van der Waals surface area contributed by atoms with Crippen LogP contribution in [0, 0.1) is 0 Å². The Morgan fingerprint density at radius 3 is 2.62 bits per heavy atom. The first-order valence-corrected chi connectivity index (χ1v) is 7.85. The second-order valence-electron chi connectivity index (χ2n) is 5.18. The molecule has 0 aliphatic carbocycles. The summed E-state index contributed by atoms with van der Waals surface area (Å²) >= 11 is 3.37. The smallest absolute Gasteiger partial charge is 0.338 e. The molecule has 0 radical (unpaired) electrons. The molecule has 1 aliphatic rings. The minimum absolute atomic E-state index is 0.328. The van der Waals surface area contributed by atoms with Gasteiger partial charge in [-0.2, -0.15) is 0 Å². The highest BCUT2D eigenvalue weighted by Crippen LogP contribution is 2.36. The van der Waals surface area contributed by atoms with Crippen molar-refractivity contribution >= 4 is 33.3 Å². The zero-order valence-electron chi connectivity index (χ0n) is 11.6. The van der Waals surface area contributed by atoms with Gasteiger partial charge >= 0.3 is 5.97 Å². The summed E-state index contributed by atoms with van der Waals surface area (Å²) in [5.74, 6) is -0.904.